The molecule has 2 aromatic heterocycles. The minimum Gasteiger partial charge on any atom is -0.377 e. The van der Waals surface area contributed by atoms with Crippen molar-refractivity contribution >= 4 is 5.91 Å². The van der Waals surface area contributed by atoms with E-state index in [0.29, 0.717) is 37.7 Å². The molecule has 114 valence electrons. The fourth-order valence-corrected chi connectivity index (χ4v) is 1.95. The van der Waals surface area contributed by atoms with Gasteiger partial charge in [0.15, 0.2) is 5.82 Å². The van der Waals surface area contributed by atoms with Crippen LogP contribution < -0.4 is 5.32 Å². The van der Waals surface area contributed by atoms with Gasteiger partial charge in [0, 0.05) is 32.5 Å². The predicted octanol–water partition coefficient (Wildman–Crippen LogP) is 0.722. The van der Waals surface area contributed by atoms with Crippen LogP contribution in [0, 0.1) is 0 Å². The second kappa shape index (κ2) is 7.53. The Morgan fingerprint density at radius 3 is 3.10 bits per heavy atom. The molecule has 8 heteroatoms. The molecule has 0 fully saturated rings. The summed E-state index contributed by atoms with van der Waals surface area (Å²) in [7, 11) is 1.57. The number of nitrogens with zero attached hydrogens (tertiary/aromatic N) is 4. The molecule has 1 unspecified atom stereocenters. The van der Waals surface area contributed by atoms with Crippen LogP contribution in [0.2, 0.25) is 0 Å². The zero-order chi connectivity index (χ0) is 15.1. The number of nitrogens with one attached hydrogen (secondary N) is 1. The Balaban J connectivity index is 1.80. The van der Waals surface area contributed by atoms with Crippen molar-refractivity contribution < 1.29 is 14.1 Å². The standard InChI is InChI=1S/C13H19N5O3/c1-3-10(18-8-4-6-15-18)13(19)14-7-5-12-16-11(9-20-2)17-21-12/h4,6,8,10H,3,5,7,9H2,1-2H3,(H,14,19). The summed E-state index contributed by atoms with van der Waals surface area (Å²) in [6, 6.07) is 1.50. The van der Waals surface area contributed by atoms with Gasteiger partial charge >= 0.3 is 0 Å². The lowest BCUT2D eigenvalue weighted by Crippen LogP contribution is -2.33. The molecule has 1 atom stereocenters. The fourth-order valence-electron chi connectivity index (χ4n) is 1.95. The van der Waals surface area contributed by atoms with E-state index in [9.17, 15) is 4.79 Å². The van der Waals surface area contributed by atoms with Crippen molar-refractivity contribution in [3.63, 3.8) is 0 Å². The highest BCUT2D eigenvalue weighted by molar-refractivity contribution is 5.80. The summed E-state index contributed by atoms with van der Waals surface area (Å²) in [5.41, 5.74) is 0. The van der Waals surface area contributed by atoms with E-state index in [4.69, 9.17) is 9.26 Å². The molecular formula is C13H19N5O3. The Morgan fingerprint density at radius 2 is 2.43 bits per heavy atom. The number of hydrogen-bond acceptors (Lipinski definition) is 6. The smallest absolute Gasteiger partial charge is 0.244 e. The quantitative estimate of drug-likeness (QED) is 0.770. The first-order chi connectivity index (χ1) is 10.2. The summed E-state index contributed by atoms with van der Waals surface area (Å²) in [4.78, 5) is 16.3. The van der Waals surface area contributed by atoms with Crippen LogP contribution in [0.5, 0.6) is 0 Å². The summed E-state index contributed by atoms with van der Waals surface area (Å²) in [5, 5.41) is 10.7. The van der Waals surface area contributed by atoms with Gasteiger partial charge in [-0.15, -0.1) is 0 Å². The second-order valence-electron chi connectivity index (χ2n) is 4.49. The lowest BCUT2D eigenvalue weighted by Gasteiger charge is -2.14. The first kappa shape index (κ1) is 15.2. The van der Waals surface area contributed by atoms with Crippen LogP contribution >= 0.6 is 0 Å². The normalized spacial score (nSPS) is 12.3. The van der Waals surface area contributed by atoms with E-state index in [1.165, 1.54) is 0 Å². The number of hydrogen-bond donors (Lipinski definition) is 1. The summed E-state index contributed by atoms with van der Waals surface area (Å²) in [6.45, 7) is 2.69. The van der Waals surface area contributed by atoms with Crippen molar-refractivity contribution in [2.75, 3.05) is 13.7 Å². The molecule has 0 radical (unpaired) electrons. The lowest BCUT2D eigenvalue weighted by molar-refractivity contribution is -0.124. The van der Waals surface area contributed by atoms with Crippen LogP contribution in [0.3, 0.4) is 0 Å². The van der Waals surface area contributed by atoms with Crippen molar-refractivity contribution in [1.29, 1.82) is 0 Å². The molecule has 0 saturated heterocycles. The maximum absolute atomic E-state index is 12.1. The third-order valence-corrected chi connectivity index (χ3v) is 2.96. The molecule has 2 rings (SSSR count). The number of carbonyl (C=O) groups excluding carboxylic acids is 1. The number of ether oxygens (including phenoxy) is 1. The van der Waals surface area contributed by atoms with Crippen molar-refractivity contribution in [2.45, 2.75) is 32.4 Å². The molecule has 0 saturated carbocycles. The van der Waals surface area contributed by atoms with Crippen LogP contribution in [0.1, 0.15) is 31.1 Å². The van der Waals surface area contributed by atoms with Crippen LogP contribution in [0.15, 0.2) is 23.0 Å². The van der Waals surface area contributed by atoms with Crippen LogP contribution in [0.4, 0.5) is 0 Å². The zero-order valence-corrected chi connectivity index (χ0v) is 12.2. The van der Waals surface area contributed by atoms with Crippen molar-refractivity contribution in [3.8, 4) is 0 Å². The highest BCUT2D eigenvalue weighted by Gasteiger charge is 2.18. The number of aromatic nitrogens is 4. The van der Waals surface area contributed by atoms with Gasteiger partial charge in [0.05, 0.1) is 0 Å². The molecule has 0 aromatic carbocycles. The van der Waals surface area contributed by atoms with E-state index in [1.807, 2.05) is 6.92 Å². The van der Waals surface area contributed by atoms with Gasteiger partial charge in [-0.2, -0.15) is 10.1 Å². The molecule has 0 aliphatic rings. The second-order valence-corrected chi connectivity index (χ2v) is 4.49. The van der Waals surface area contributed by atoms with Gasteiger partial charge in [0.2, 0.25) is 11.8 Å². The Morgan fingerprint density at radius 1 is 1.57 bits per heavy atom. The maximum Gasteiger partial charge on any atom is 0.244 e. The van der Waals surface area contributed by atoms with E-state index in [2.05, 4.69) is 20.6 Å². The molecule has 0 aliphatic carbocycles. The van der Waals surface area contributed by atoms with Crippen LogP contribution in [0.25, 0.3) is 0 Å². The van der Waals surface area contributed by atoms with Crippen LogP contribution in [-0.4, -0.2) is 39.5 Å². The summed E-state index contributed by atoms with van der Waals surface area (Å²) in [6.07, 6.45) is 4.60. The van der Waals surface area contributed by atoms with Gasteiger partial charge in [-0.25, -0.2) is 0 Å². The predicted molar refractivity (Wildman–Crippen MR) is 73.3 cm³/mol. The van der Waals surface area contributed by atoms with Gasteiger partial charge in [0.25, 0.3) is 0 Å². The average Bonchev–Trinajstić information content (AvgIpc) is 3.12. The van der Waals surface area contributed by atoms with E-state index >= 15 is 0 Å². The van der Waals surface area contributed by atoms with E-state index < -0.39 is 0 Å². The average molecular weight is 293 g/mol. The molecule has 21 heavy (non-hydrogen) atoms. The summed E-state index contributed by atoms with van der Waals surface area (Å²) < 4.78 is 11.6. The maximum atomic E-state index is 12.1. The third kappa shape index (κ3) is 4.12. The van der Waals surface area contributed by atoms with Gasteiger partial charge < -0.3 is 14.6 Å². The zero-order valence-electron chi connectivity index (χ0n) is 12.2. The van der Waals surface area contributed by atoms with Crippen molar-refractivity contribution in [2.24, 2.45) is 0 Å². The molecular weight excluding hydrogens is 274 g/mol. The SMILES string of the molecule is CCC(C(=O)NCCc1nc(COC)no1)n1cccn1. The Kier molecular flexibility index (Phi) is 5.44. The Bertz CT molecular complexity index is 552. The van der Waals surface area contributed by atoms with Gasteiger partial charge in [-0.3, -0.25) is 9.48 Å². The molecule has 1 amide bonds. The molecule has 0 spiro atoms. The summed E-state index contributed by atoms with van der Waals surface area (Å²) >= 11 is 0. The minimum atomic E-state index is -0.299. The largest absolute Gasteiger partial charge is 0.377 e. The number of rotatable bonds is 8. The number of carbonyl (C=O) groups is 1. The van der Waals surface area contributed by atoms with E-state index in [0.717, 1.165) is 0 Å². The third-order valence-electron chi connectivity index (χ3n) is 2.96. The highest BCUT2D eigenvalue weighted by atomic mass is 16.5. The molecule has 2 aromatic rings. The topological polar surface area (TPSA) is 95.1 Å². The number of amides is 1. The van der Waals surface area contributed by atoms with Crippen molar-refractivity contribution in [3.05, 3.63) is 30.2 Å². The highest BCUT2D eigenvalue weighted by Crippen LogP contribution is 2.09. The fraction of sp³-hybridized carbons (Fsp3) is 0.538. The van der Waals surface area contributed by atoms with Crippen molar-refractivity contribution in [1.82, 2.24) is 25.2 Å². The van der Waals surface area contributed by atoms with Gasteiger partial charge in [0.1, 0.15) is 12.6 Å². The first-order valence-electron chi connectivity index (χ1n) is 6.81. The molecule has 0 aliphatic heterocycles. The van der Waals surface area contributed by atoms with E-state index in [-0.39, 0.29) is 11.9 Å². The van der Waals surface area contributed by atoms with Gasteiger partial charge in [-0.05, 0) is 12.5 Å². The lowest BCUT2D eigenvalue weighted by atomic mass is 10.2. The molecule has 0 bridgehead atoms. The molecule has 1 N–H and O–H groups in total. The molecule has 2 heterocycles. The van der Waals surface area contributed by atoms with Gasteiger partial charge in [-0.1, -0.05) is 12.1 Å². The molecule has 8 nitrogen and oxygen atoms in total. The first-order valence-corrected chi connectivity index (χ1v) is 6.81. The Hall–Kier alpha value is -2.22. The monoisotopic (exact) mass is 293 g/mol. The summed E-state index contributed by atoms with van der Waals surface area (Å²) in [5.74, 6) is 0.911. The van der Waals surface area contributed by atoms with E-state index in [1.54, 1.807) is 30.3 Å². The minimum absolute atomic E-state index is 0.0715. The van der Waals surface area contributed by atoms with Crippen LogP contribution in [-0.2, 0) is 22.6 Å². The number of methoxy groups -OCH3 is 1. The Labute approximate surface area is 122 Å².